The van der Waals surface area contributed by atoms with Crippen molar-refractivity contribution in [2.75, 3.05) is 13.2 Å². The zero-order valence-electron chi connectivity index (χ0n) is 16.6. The fraction of sp³-hybridized carbons (Fsp3) is 0.500. The van der Waals surface area contributed by atoms with E-state index in [0.29, 0.717) is 11.8 Å². The van der Waals surface area contributed by atoms with Gasteiger partial charge in [0.15, 0.2) is 12.6 Å². The highest BCUT2D eigenvalue weighted by Crippen LogP contribution is 2.34. The van der Waals surface area contributed by atoms with Gasteiger partial charge in [-0.1, -0.05) is 68.3 Å². The smallest absolute Gasteiger partial charge is 0.163 e. The van der Waals surface area contributed by atoms with E-state index in [4.69, 9.17) is 14.2 Å². The maximum atomic E-state index is 6.51. The van der Waals surface area contributed by atoms with Crippen LogP contribution in [0.15, 0.2) is 57.5 Å². The lowest BCUT2D eigenvalue weighted by molar-refractivity contribution is -0.296. The third-order valence-corrected chi connectivity index (χ3v) is 7.47. The van der Waals surface area contributed by atoms with Crippen molar-refractivity contribution in [2.45, 2.75) is 51.1 Å². The lowest BCUT2D eigenvalue weighted by atomic mass is 9.91. The van der Waals surface area contributed by atoms with Crippen LogP contribution in [0.3, 0.4) is 0 Å². The van der Waals surface area contributed by atoms with Gasteiger partial charge in [-0.15, -0.1) is 0 Å². The molecular weight excluding hydrogens is 496 g/mol. The Kier molecular flexibility index (Phi) is 7.82. The summed E-state index contributed by atoms with van der Waals surface area (Å²) in [6.07, 6.45) is 5.89. The monoisotopic (exact) mass is 522 g/mol. The molecular formula is C24H28Br2O3. The summed E-state index contributed by atoms with van der Waals surface area (Å²) >= 11 is 7.37. The van der Waals surface area contributed by atoms with E-state index >= 15 is 0 Å². The molecule has 2 aromatic carbocycles. The van der Waals surface area contributed by atoms with Crippen LogP contribution in [0, 0.1) is 11.8 Å². The molecule has 2 aromatic rings. The summed E-state index contributed by atoms with van der Waals surface area (Å²) in [4.78, 5) is 0. The third-order valence-electron chi connectivity index (χ3n) is 5.92. The van der Waals surface area contributed by atoms with E-state index in [1.807, 2.05) is 0 Å². The van der Waals surface area contributed by atoms with Gasteiger partial charge in [-0.25, -0.2) is 0 Å². The van der Waals surface area contributed by atoms with Crippen LogP contribution < -0.4 is 0 Å². The Morgan fingerprint density at radius 1 is 0.724 bits per heavy atom. The molecule has 2 heterocycles. The first-order chi connectivity index (χ1) is 14.2. The normalized spacial score (nSPS) is 27.7. The Balaban J connectivity index is 1.44. The number of benzene rings is 2. The number of halogens is 2. The Morgan fingerprint density at radius 3 is 1.62 bits per heavy atom. The van der Waals surface area contributed by atoms with Crippen molar-refractivity contribution < 1.29 is 14.2 Å². The van der Waals surface area contributed by atoms with Crippen LogP contribution in [-0.2, 0) is 27.1 Å². The first kappa shape index (κ1) is 21.5. The Morgan fingerprint density at radius 2 is 1.17 bits per heavy atom. The molecule has 2 aliphatic heterocycles. The molecule has 0 spiro atoms. The second-order valence-corrected chi connectivity index (χ2v) is 9.72. The fourth-order valence-corrected chi connectivity index (χ4v) is 5.25. The van der Waals surface area contributed by atoms with Crippen LogP contribution in [0.4, 0.5) is 0 Å². The summed E-state index contributed by atoms with van der Waals surface area (Å²) in [6.45, 7) is 1.53. The van der Waals surface area contributed by atoms with Gasteiger partial charge in [-0.2, -0.15) is 0 Å². The minimum atomic E-state index is -0.208. The molecule has 0 N–H and O–H groups in total. The van der Waals surface area contributed by atoms with Crippen LogP contribution in [0.1, 0.15) is 36.8 Å². The molecule has 0 radical (unpaired) electrons. The first-order valence-electron chi connectivity index (χ1n) is 10.6. The third kappa shape index (κ3) is 5.71. The maximum Gasteiger partial charge on any atom is 0.163 e. The minimum absolute atomic E-state index is 0.208. The summed E-state index contributed by atoms with van der Waals surface area (Å²) in [7, 11) is 0. The highest BCUT2D eigenvalue weighted by atomic mass is 79.9. The van der Waals surface area contributed by atoms with Crippen LogP contribution in [0.2, 0.25) is 0 Å². The molecule has 0 amide bonds. The van der Waals surface area contributed by atoms with Crippen molar-refractivity contribution in [1.29, 1.82) is 0 Å². The number of hydrogen-bond donors (Lipinski definition) is 0. The van der Waals surface area contributed by atoms with Gasteiger partial charge >= 0.3 is 0 Å². The van der Waals surface area contributed by atoms with Gasteiger partial charge in [-0.05, 0) is 61.8 Å². The molecule has 2 saturated heterocycles. The van der Waals surface area contributed by atoms with E-state index in [9.17, 15) is 0 Å². The van der Waals surface area contributed by atoms with Gasteiger partial charge in [0.05, 0.1) is 0 Å². The zero-order valence-corrected chi connectivity index (χ0v) is 19.7. The van der Waals surface area contributed by atoms with Crippen molar-refractivity contribution in [1.82, 2.24) is 0 Å². The standard InChI is InChI=1S/C24H28Br2O3/c25-21-11-3-1-7-17(21)15-19-9-5-13-27-23(19)29-24-20(10-6-14-28-24)16-18-8-2-4-12-22(18)26/h1-4,7-8,11-12,19-20,23-24H,5-6,9-10,13-16H2. The molecule has 2 fully saturated rings. The molecule has 0 aromatic heterocycles. The largest absolute Gasteiger partial charge is 0.352 e. The van der Waals surface area contributed by atoms with Gasteiger partial charge in [0.25, 0.3) is 0 Å². The Hall–Kier alpha value is -0.720. The molecule has 2 aliphatic rings. The van der Waals surface area contributed by atoms with E-state index < -0.39 is 0 Å². The topological polar surface area (TPSA) is 27.7 Å². The van der Waals surface area contributed by atoms with Crippen molar-refractivity contribution in [3.63, 3.8) is 0 Å². The summed E-state index contributed by atoms with van der Waals surface area (Å²) in [5, 5.41) is 0. The van der Waals surface area contributed by atoms with E-state index in [1.165, 1.54) is 11.1 Å². The quantitative estimate of drug-likeness (QED) is 0.431. The molecule has 5 heteroatoms. The number of rotatable bonds is 6. The molecule has 29 heavy (non-hydrogen) atoms. The van der Waals surface area contributed by atoms with E-state index in [2.05, 4.69) is 80.4 Å². The predicted molar refractivity (Wildman–Crippen MR) is 122 cm³/mol. The summed E-state index contributed by atoms with van der Waals surface area (Å²) < 4.78 is 21.0. The molecule has 4 atom stereocenters. The summed E-state index contributed by atoms with van der Waals surface area (Å²) in [5.74, 6) is 0.689. The molecule has 0 saturated carbocycles. The average molecular weight is 524 g/mol. The maximum absolute atomic E-state index is 6.51. The number of ether oxygens (including phenoxy) is 3. The van der Waals surface area contributed by atoms with E-state index in [1.54, 1.807) is 0 Å². The van der Waals surface area contributed by atoms with Crippen LogP contribution in [-0.4, -0.2) is 25.8 Å². The molecule has 0 aliphatic carbocycles. The average Bonchev–Trinajstić information content (AvgIpc) is 2.74. The second kappa shape index (κ2) is 10.5. The zero-order chi connectivity index (χ0) is 20.1. The Bertz CT molecular complexity index is 732. The lowest BCUT2D eigenvalue weighted by Gasteiger charge is -2.38. The van der Waals surface area contributed by atoms with Gasteiger partial charge in [0.1, 0.15) is 0 Å². The summed E-state index contributed by atoms with van der Waals surface area (Å²) in [5.41, 5.74) is 2.62. The van der Waals surface area contributed by atoms with Gasteiger partial charge in [0, 0.05) is 34.0 Å². The molecule has 3 nitrogen and oxygen atoms in total. The number of hydrogen-bond acceptors (Lipinski definition) is 3. The first-order valence-corrected chi connectivity index (χ1v) is 12.1. The van der Waals surface area contributed by atoms with Crippen LogP contribution in [0.25, 0.3) is 0 Å². The second-order valence-electron chi connectivity index (χ2n) is 8.01. The van der Waals surface area contributed by atoms with E-state index in [0.717, 1.165) is 60.7 Å². The van der Waals surface area contributed by atoms with Gasteiger partial charge in [-0.3, -0.25) is 0 Å². The summed E-state index contributed by atoms with van der Waals surface area (Å²) in [6, 6.07) is 16.9. The fourth-order valence-electron chi connectivity index (χ4n) is 4.36. The highest BCUT2D eigenvalue weighted by Gasteiger charge is 2.35. The molecule has 4 rings (SSSR count). The van der Waals surface area contributed by atoms with Crippen LogP contribution >= 0.6 is 31.9 Å². The van der Waals surface area contributed by atoms with Crippen LogP contribution in [0.5, 0.6) is 0 Å². The molecule has 4 unspecified atom stereocenters. The van der Waals surface area contributed by atoms with Crippen molar-refractivity contribution >= 4 is 31.9 Å². The molecule has 0 bridgehead atoms. The van der Waals surface area contributed by atoms with E-state index in [-0.39, 0.29) is 12.6 Å². The SMILES string of the molecule is Brc1ccccc1CC1CCCOC1OC1OCCCC1Cc1ccccc1Br. The highest BCUT2D eigenvalue weighted by molar-refractivity contribution is 9.10. The lowest BCUT2D eigenvalue weighted by Crippen LogP contribution is -2.42. The Labute approximate surface area is 190 Å². The predicted octanol–water partition coefficient (Wildman–Crippen LogP) is 6.52. The van der Waals surface area contributed by atoms with Crippen molar-refractivity contribution in [3.8, 4) is 0 Å². The molecule has 156 valence electrons. The van der Waals surface area contributed by atoms with Gasteiger partial charge in [0.2, 0.25) is 0 Å². The van der Waals surface area contributed by atoms with Gasteiger partial charge < -0.3 is 14.2 Å². The van der Waals surface area contributed by atoms with Crippen molar-refractivity contribution in [3.05, 3.63) is 68.6 Å². The minimum Gasteiger partial charge on any atom is -0.352 e. The van der Waals surface area contributed by atoms with Crippen molar-refractivity contribution in [2.24, 2.45) is 11.8 Å².